The predicted molar refractivity (Wildman–Crippen MR) is 91.4 cm³/mol. The highest BCUT2D eigenvalue weighted by molar-refractivity contribution is 6.03. The van der Waals surface area contributed by atoms with Gasteiger partial charge in [0, 0.05) is 6.54 Å². The molecule has 2 N–H and O–H groups in total. The number of halogens is 1. The molecule has 0 atom stereocenters. The smallest absolute Gasteiger partial charge is 0.339 e. The fourth-order valence-corrected chi connectivity index (χ4v) is 2.13. The molecule has 0 aliphatic rings. The number of hydrogen-bond donors (Lipinski definition) is 2. The van der Waals surface area contributed by atoms with E-state index >= 15 is 0 Å². The molecule has 0 spiro atoms. The van der Waals surface area contributed by atoms with Crippen LogP contribution in [0.3, 0.4) is 0 Å². The Balaban J connectivity index is 2.14. The van der Waals surface area contributed by atoms with Crippen LogP contribution in [0.1, 0.15) is 26.3 Å². The van der Waals surface area contributed by atoms with Crippen molar-refractivity contribution in [2.75, 3.05) is 19.5 Å². The van der Waals surface area contributed by atoms with E-state index in [1.165, 1.54) is 56.7 Å². The number of esters is 2. The van der Waals surface area contributed by atoms with Crippen LogP contribution in [0, 0.1) is 5.82 Å². The molecule has 2 amide bonds. The van der Waals surface area contributed by atoms with Crippen LogP contribution in [0.25, 0.3) is 0 Å². The third-order valence-electron chi connectivity index (χ3n) is 3.46. The van der Waals surface area contributed by atoms with E-state index in [0.717, 1.165) is 0 Å². The van der Waals surface area contributed by atoms with Gasteiger partial charge in [-0.3, -0.25) is 0 Å². The summed E-state index contributed by atoms with van der Waals surface area (Å²) in [7, 11) is 2.42. The van der Waals surface area contributed by atoms with Crippen molar-refractivity contribution in [1.29, 1.82) is 0 Å². The number of anilines is 1. The zero-order valence-electron chi connectivity index (χ0n) is 14.2. The number of methoxy groups -OCH3 is 2. The Morgan fingerprint density at radius 1 is 0.962 bits per heavy atom. The standard InChI is InChI=1S/C18H17FN2O5/c1-25-16(22)12-5-8-14(17(23)26-2)15(9-12)21-18(24)20-10-11-3-6-13(19)7-4-11/h3-9H,10H2,1-2H3,(H2,20,21,24). The second kappa shape index (κ2) is 8.61. The van der Waals surface area contributed by atoms with Gasteiger partial charge in [0.05, 0.1) is 31.0 Å². The van der Waals surface area contributed by atoms with Gasteiger partial charge in [-0.1, -0.05) is 12.1 Å². The molecule has 2 aromatic carbocycles. The van der Waals surface area contributed by atoms with E-state index in [1.807, 2.05) is 0 Å². The van der Waals surface area contributed by atoms with Crippen LogP contribution in [-0.4, -0.2) is 32.2 Å². The first-order chi connectivity index (χ1) is 12.4. The summed E-state index contributed by atoms with van der Waals surface area (Å²) in [6.45, 7) is 0.149. The van der Waals surface area contributed by atoms with Crippen LogP contribution < -0.4 is 10.6 Å². The molecule has 0 heterocycles. The fraction of sp³-hybridized carbons (Fsp3) is 0.167. The quantitative estimate of drug-likeness (QED) is 0.800. The summed E-state index contributed by atoms with van der Waals surface area (Å²) in [5, 5.41) is 5.07. The summed E-state index contributed by atoms with van der Waals surface area (Å²) < 4.78 is 22.2. The molecule has 0 unspecified atom stereocenters. The molecule has 0 saturated heterocycles. The zero-order valence-corrected chi connectivity index (χ0v) is 14.2. The van der Waals surface area contributed by atoms with Gasteiger partial charge in [0.2, 0.25) is 0 Å². The monoisotopic (exact) mass is 360 g/mol. The number of benzene rings is 2. The maximum atomic E-state index is 12.9. The van der Waals surface area contributed by atoms with Gasteiger partial charge in [0.25, 0.3) is 0 Å². The first kappa shape index (κ1) is 18.9. The van der Waals surface area contributed by atoms with Crippen molar-refractivity contribution in [3.8, 4) is 0 Å². The molecule has 0 saturated carbocycles. The molecule has 0 aromatic heterocycles. The minimum atomic E-state index is -0.671. The first-order valence-electron chi connectivity index (χ1n) is 7.54. The van der Waals surface area contributed by atoms with E-state index in [9.17, 15) is 18.8 Å². The van der Waals surface area contributed by atoms with Crippen LogP contribution in [0.2, 0.25) is 0 Å². The Labute approximate surface area is 149 Å². The molecule has 7 nitrogen and oxygen atoms in total. The average Bonchev–Trinajstić information content (AvgIpc) is 2.66. The highest BCUT2D eigenvalue weighted by Gasteiger charge is 2.17. The van der Waals surface area contributed by atoms with E-state index in [4.69, 9.17) is 0 Å². The normalized spacial score (nSPS) is 9.96. The van der Waals surface area contributed by atoms with Crippen LogP contribution in [0.15, 0.2) is 42.5 Å². The van der Waals surface area contributed by atoms with Crippen molar-refractivity contribution in [1.82, 2.24) is 5.32 Å². The Morgan fingerprint density at radius 3 is 2.23 bits per heavy atom. The number of hydrogen-bond acceptors (Lipinski definition) is 5. The van der Waals surface area contributed by atoms with Crippen molar-refractivity contribution in [3.63, 3.8) is 0 Å². The van der Waals surface area contributed by atoms with E-state index in [-0.39, 0.29) is 29.2 Å². The topological polar surface area (TPSA) is 93.7 Å². The summed E-state index contributed by atoms with van der Waals surface area (Å²) in [6.07, 6.45) is 0. The largest absolute Gasteiger partial charge is 0.465 e. The van der Waals surface area contributed by atoms with Crippen LogP contribution in [0.4, 0.5) is 14.9 Å². The molecule has 0 fully saturated rings. The molecule has 26 heavy (non-hydrogen) atoms. The number of ether oxygens (including phenoxy) is 2. The molecule has 2 aromatic rings. The third-order valence-corrected chi connectivity index (χ3v) is 3.46. The predicted octanol–water partition coefficient (Wildman–Crippen LogP) is 2.72. The van der Waals surface area contributed by atoms with Crippen molar-refractivity contribution >= 4 is 23.7 Å². The van der Waals surface area contributed by atoms with Gasteiger partial charge in [0.1, 0.15) is 5.82 Å². The second-order valence-corrected chi connectivity index (χ2v) is 5.18. The summed E-state index contributed by atoms with van der Waals surface area (Å²) in [5.41, 5.74) is 1.03. The van der Waals surface area contributed by atoms with E-state index in [0.29, 0.717) is 5.56 Å². The van der Waals surface area contributed by atoms with E-state index < -0.39 is 18.0 Å². The molecule has 0 bridgehead atoms. The van der Waals surface area contributed by atoms with Gasteiger partial charge in [-0.25, -0.2) is 18.8 Å². The number of carbonyl (C=O) groups excluding carboxylic acids is 3. The second-order valence-electron chi connectivity index (χ2n) is 5.18. The minimum absolute atomic E-state index is 0.0806. The highest BCUT2D eigenvalue weighted by Crippen LogP contribution is 2.19. The number of amides is 2. The van der Waals surface area contributed by atoms with Crippen LogP contribution in [-0.2, 0) is 16.0 Å². The molecular weight excluding hydrogens is 343 g/mol. The van der Waals surface area contributed by atoms with Crippen molar-refractivity contribution in [2.45, 2.75) is 6.54 Å². The van der Waals surface area contributed by atoms with Gasteiger partial charge in [-0.15, -0.1) is 0 Å². The highest BCUT2D eigenvalue weighted by atomic mass is 19.1. The Hall–Kier alpha value is -3.42. The molecule has 0 aliphatic heterocycles. The van der Waals surface area contributed by atoms with Gasteiger partial charge in [0.15, 0.2) is 0 Å². The van der Waals surface area contributed by atoms with E-state index in [1.54, 1.807) is 0 Å². The Morgan fingerprint density at radius 2 is 1.62 bits per heavy atom. The Kier molecular flexibility index (Phi) is 6.26. The fourth-order valence-electron chi connectivity index (χ4n) is 2.13. The van der Waals surface area contributed by atoms with Crippen molar-refractivity contribution in [3.05, 3.63) is 65.0 Å². The molecule has 8 heteroatoms. The van der Waals surface area contributed by atoms with Gasteiger partial charge in [-0.2, -0.15) is 0 Å². The van der Waals surface area contributed by atoms with Gasteiger partial charge >= 0.3 is 18.0 Å². The minimum Gasteiger partial charge on any atom is -0.465 e. The van der Waals surface area contributed by atoms with Crippen molar-refractivity contribution < 1.29 is 28.2 Å². The number of urea groups is 1. The summed E-state index contributed by atoms with van der Waals surface area (Å²) in [6, 6.07) is 9.08. The number of carbonyl (C=O) groups is 3. The lowest BCUT2D eigenvalue weighted by molar-refractivity contribution is 0.0587. The maximum Gasteiger partial charge on any atom is 0.339 e. The zero-order chi connectivity index (χ0) is 19.1. The van der Waals surface area contributed by atoms with E-state index in [2.05, 4.69) is 20.1 Å². The summed E-state index contributed by atoms with van der Waals surface area (Å²) in [4.78, 5) is 35.6. The summed E-state index contributed by atoms with van der Waals surface area (Å²) >= 11 is 0. The molecule has 0 aliphatic carbocycles. The molecule has 2 rings (SSSR count). The number of nitrogens with one attached hydrogen (secondary N) is 2. The Bertz CT molecular complexity index is 821. The first-order valence-corrected chi connectivity index (χ1v) is 7.54. The molecule has 0 radical (unpaired) electrons. The number of rotatable bonds is 5. The lowest BCUT2D eigenvalue weighted by Crippen LogP contribution is -2.29. The van der Waals surface area contributed by atoms with Gasteiger partial charge in [-0.05, 0) is 35.9 Å². The lowest BCUT2D eigenvalue weighted by Gasteiger charge is -2.12. The lowest BCUT2D eigenvalue weighted by atomic mass is 10.1. The van der Waals surface area contributed by atoms with Crippen LogP contribution in [0.5, 0.6) is 0 Å². The van der Waals surface area contributed by atoms with Gasteiger partial charge < -0.3 is 20.1 Å². The molecular formula is C18H17FN2O5. The maximum absolute atomic E-state index is 12.9. The average molecular weight is 360 g/mol. The van der Waals surface area contributed by atoms with Crippen molar-refractivity contribution in [2.24, 2.45) is 0 Å². The summed E-state index contributed by atoms with van der Waals surface area (Å²) in [5.74, 6) is -1.66. The molecule has 136 valence electrons. The van der Waals surface area contributed by atoms with Crippen LogP contribution >= 0.6 is 0 Å². The third kappa shape index (κ3) is 4.79. The SMILES string of the molecule is COC(=O)c1ccc(C(=O)OC)c(NC(=O)NCc2ccc(F)cc2)c1.